The van der Waals surface area contributed by atoms with Crippen LogP contribution in [0.3, 0.4) is 0 Å². The number of fused-ring (bicyclic) bond motifs is 1. The molecule has 1 heterocycles. The molecule has 162 valence electrons. The van der Waals surface area contributed by atoms with Crippen LogP contribution < -0.4 is 9.46 Å². The summed E-state index contributed by atoms with van der Waals surface area (Å²) in [7, 11) is -4.16. The molecule has 0 atom stereocenters. The molecule has 32 heavy (non-hydrogen) atoms. The van der Waals surface area contributed by atoms with E-state index in [1.807, 2.05) is 35.1 Å². The van der Waals surface area contributed by atoms with Gasteiger partial charge >= 0.3 is 0 Å². The van der Waals surface area contributed by atoms with Crippen LogP contribution in [0.15, 0.2) is 84.0 Å². The van der Waals surface area contributed by atoms with E-state index in [4.69, 9.17) is 4.74 Å². The third kappa shape index (κ3) is 4.92. The van der Waals surface area contributed by atoms with Crippen LogP contribution in [0.2, 0.25) is 0 Å². The minimum absolute atomic E-state index is 0.115. The Kier molecular flexibility index (Phi) is 5.87. The van der Waals surface area contributed by atoms with Gasteiger partial charge in [0.15, 0.2) is 6.61 Å². The van der Waals surface area contributed by atoms with Gasteiger partial charge in [-0.1, -0.05) is 36.4 Å². The lowest BCUT2D eigenvalue weighted by Gasteiger charge is -2.11. The molecule has 1 amide bonds. The number of amides is 1. The third-order valence-electron chi connectivity index (χ3n) is 4.74. The molecule has 6 nitrogen and oxygen atoms in total. The summed E-state index contributed by atoms with van der Waals surface area (Å²) in [6.07, 6.45) is 2.50. The van der Waals surface area contributed by atoms with Crippen molar-refractivity contribution in [2.45, 2.75) is 11.8 Å². The third-order valence-corrected chi connectivity index (χ3v) is 6.09. The molecular weight excluding hydrogens is 431 g/mol. The molecule has 1 N–H and O–H groups in total. The van der Waals surface area contributed by atoms with Gasteiger partial charge in [-0.25, -0.2) is 17.5 Å². The van der Waals surface area contributed by atoms with Gasteiger partial charge in [-0.3, -0.25) is 9.78 Å². The summed E-state index contributed by atoms with van der Waals surface area (Å²) in [5, 5.41) is 1.97. The molecule has 3 aromatic carbocycles. The molecule has 0 saturated heterocycles. The Labute approximate surface area is 184 Å². The predicted octanol–water partition coefficient (Wildman–Crippen LogP) is 4.23. The van der Waals surface area contributed by atoms with E-state index in [-0.39, 0.29) is 4.90 Å². The molecule has 0 bridgehead atoms. The quantitative estimate of drug-likeness (QED) is 0.475. The molecule has 1 aromatic heterocycles. The average molecular weight is 450 g/mol. The lowest BCUT2D eigenvalue weighted by atomic mass is 10.1. The molecule has 8 heteroatoms. The minimum atomic E-state index is -4.16. The smallest absolute Gasteiger partial charge is 0.271 e. The van der Waals surface area contributed by atoms with Crippen LogP contribution in [0.1, 0.15) is 5.56 Å². The Bertz CT molecular complexity index is 1420. The maximum absolute atomic E-state index is 13.5. The number of carbonyl (C=O) groups excluding carboxylic acids is 1. The van der Waals surface area contributed by atoms with E-state index in [0.29, 0.717) is 22.4 Å². The van der Waals surface area contributed by atoms with E-state index in [0.717, 1.165) is 17.0 Å². The van der Waals surface area contributed by atoms with Gasteiger partial charge in [-0.15, -0.1) is 0 Å². The first-order chi connectivity index (χ1) is 15.3. The number of hydrogen-bond donors (Lipinski definition) is 1. The Hall–Kier alpha value is -3.78. The van der Waals surface area contributed by atoms with Crippen LogP contribution >= 0.6 is 0 Å². The van der Waals surface area contributed by atoms with Crippen molar-refractivity contribution < 1.29 is 22.3 Å². The van der Waals surface area contributed by atoms with Crippen molar-refractivity contribution in [2.24, 2.45) is 0 Å². The molecule has 4 rings (SSSR count). The standard InChI is InChI=1S/C24H19FN2O4S/c1-16-8-19(20-10-21(25)14-26-13-20)12-23(9-16)32(29,30)27-24(28)15-31-22-7-6-17-4-2-3-5-18(17)11-22/h2-14H,15H2,1H3,(H,27,28). The van der Waals surface area contributed by atoms with E-state index in [9.17, 15) is 17.6 Å². The van der Waals surface area contributed by atoms with Crippen LogP contribution in [-0.4, -0.2) is 25.9 Å². The number of pyridine rings is 1. The summed E-state index contributed by atoms with van der Waals surface area (Å²) in [5.74, 6) is -0.895. The maximum atomic E-state index is 13.5. The van der Waals surface area contributed by atoms with Crippen molar-refractivity contribution >= 4 is 26.7 Å². The van der Waals surface area contributed by atoms with Gasteiger partial charge < -0.3 is 4.74 Å². The zero-order valence-electron chi connectivity index (χ0n) is 17.1. The first-order valence-corrected chi connectivity index (χ1v) is 11.2. The number of carbonyl (C=O) groups is 1. The fourth-order valence-electron chi connectivity index (χ4n) is 3.28. The van der Waals surface area contributed by atoms with Crippen LogP contribution in [-0.2, 0) is 14.8 Å². The van der Waals surface area contributed by atoms with Gasteiger partial charge in [0.2, 0.25) is 0 Å². The van der Waals surface area contributed by atoms with Crippen molar-refractivity contribution in [1.29, 1.82) is 0 Å². The summed E-state index contributed by atoms with van der Waals surface area (Å²) in [6, 6.07) is 18.8. The second-order valence-electron chi connectivity index (χ2n) is 7.25. The lowest BCUT2D eigenvalue weighted by Crippen LogP contribution is -2.34. The zero-order chi connectivity index (χ0) is 22.7. The fourth-order valence-corrected chi connectivity index (χ4v) is 4.38. The topological polar surface area (TPSA) is 85.4 Å². The molecular formula is C24H19FN2O4S. The Balaban J connectivity index is 1.49. The minimum Gasteiger partial charge on any atom is -0.484 e. The summed E-state index contributed by atoms with van der Waals surface area (Å²) in [5.41, 5.74) is 1.53. The van der Waals surface area contributed by atoms with Crippen molar-refractivity contribution in [1.82, 2.24) is 9.71 Å². The van der Waals surface area contributed by atoms with Crippen molar-refractivity contribution in [3.8, 4) is 16.9 Å². The first kappa shape index (κ1) is 21.5. The highest BCUT2D eigenvalue weighted by Crippen LogP contribution is 2.25. The highest BCUT2D eigenvalue weighted by atomic mass is 32.2. The summed E-state index contributed by atoms with van der Waals surface area (Å²) in [4.78, 5) is 16.0. The number of benzene rings is 3. The van der Waals surface area contributed by atoms with Gasteiger partial charge in [0.1, 0.15) is 11.6 Å². The average Bonchev–Trinajstić information content (AvgIpc) is 2.77. The number of nitrogens with one attached hydrogen (secondary N) is 1. The Morgan fingerprint density at radius 2 is 1.75 bits per heavy atom. The number of rotatable bonds is 6. The Morgan fingerprint density at radius 3 is 2.53 bits per heavy atom. The number of aromatic nitrogens is 1. The molecule has 0 fully saturated rings. The van der Waals surface area contributed by atoms with E-state index in [2.05, 4.69) is 4.98 Å². The highest BCUT2D eigenvalue weighted by Gasteiger charge is 2.19. The van der Waals surface area contributed by atoms with E-state index >= 15 is 0 Å². The number of hydrogen-bond acceptors (Lipinski definition) is 5. The second kappa shape index (κ2) is 8.76. The van der Waals surface area contributed by atoms with Gasteiger partial charge in [0, 0.05) is 11.8 Å². The molecule has 4 aromatic rings. The SMILES string of the molecule is Cc1cc(-c2cncc(F)c2)cc(S(=O)(=O)NC(=O)COc2ccc3ccccc3c2)c1. The zero-order valence-corrected chi connectivity index (χ0v) is 17.9. The van der Waals surface area contributed by atoms with E-state index in [1.165, 1.54) is 24.4 Å². The normalized spacial score (nSPS) is 11.3. The van der Waals surface area contributed by atoms with Gasteiger partial charge in [-0.2, -0.15) is 0 Å². The summed E-state index contributed by atoms with van der Waals surface area (Å²) >= 11 is 0. The van der Waals surface area contributed by atoms with Crippen molar-refractivity contribution in [2.75, 3.05) is 6.61 Å². The number of ether oxygens (including phenoxy) is 1. The molecule has 0 aliphatic rings. The van der Waals surface area contributed by atoms with Crippen LogP contribution in [0.5, 0.6) is 5.75 Å². The summed E-state index contributed by atoms with van der Waals surface area (Å²) in [6.45, 7) is 1.24. The monoisotopic (exact) mass is 450 g/mol. The fraction of sp³-hybridized carbons (Fsp3) is 0.0833. The van der Waals surface area contributed by atoms with E-state index in [1.54, 1.807) is 25.1 Å². The van der Waals surface area contributed by atoms with Crippen LogP contribution in [0.25, 0.3) is 21.9 Å². The second-order valence-corrected chi connectivity index (χ2v) is 8.94. The highest BCUT2D eigenvalue weighted by molar-refractivity contribution is 7.90. The molecule has 0 aliphatic heterocycles. The number of nitrogens with zero attached hydrogens (tertiary/aromatic N) is 1. The number of sulfonamides is 1. The van der Waals surface area contributed by atoms with Gasteiger partial charge in [0.25, 0.3) is 15.9 Å². The van der Waals surface area contributed by atoms with Crippen molar-refractivity contribution in [3.63, 3.8) is 0 Å². The molecule has 0 radical (unpaired) electrons. The largest absolute Gasteiger partial charge is 0.484 e. The molecule has 0 saturated carbocycles. The van der Waals surface area contributed by atoms with Crippen molar-refractivity contribution in [3.05, 3.63) is 90.5 Å². The molecule has 0 unspecified atom stereocenters. The Morgan fingerprint density at radius 1 is 0.969 bits per heavy atom. The van der Waals surface area contributed by atoms with Gasteiger partial charge in [-0.05, 0) is 59.2 Å². The summed E-state index contributed by atoms with van der Waals surface area (Å²) < 4.78 is 46.5. The number of aryl methyl sites for hydroxylation is 1. The van der Waals surface area contributed by atoms with Crippen LogP contribution in [0.4, 0.5) is 4.39 Å². The lowest BCUT2D eigenvalue weighted by molar-refractivity contribution is -0.121. The predicted molar refractivity (Wildman–Crippen MR) is 119 cm³/mol. The molecule has 0 aliphatic carbocycles. The number of halogens is 1. The van der Waals surface area contributed by atoms with Gasteiger partial charge in [0.05, 0.1) is 11.1 Å². The van der Waals surface area contributed by atoms with Crippen LogP contribution in [0, 0.1) is 12.7 Å². The first-order valence-electron chi connectivity index (χ1n) is 9.70. The van der Waals surface area contributed by atoms with E-state index < -0.39 is 28.4 Å². The maximum Gasteiger partial charge on any atom is 0.271 e. The molecule has 0 spiro atoms.